The average molecular weight is 363 g/mol. The number of carbonyl (C=O) groups is 1. The van der Waals surface area contributed by atoms with Crippen LogP contribution in [0.1, 0.15) is 11.1 Å². The van der Waals surface area contributed by atoms with E-state index in [4.69, 9.17) is 23.2 Å². The molecule has 23 heavy (non-hydrogen) atoms. The Morgan fingerprint density at radius 3 is 2.30 bits per heavy atom. The highest BCUT2D eigenvalue weighted by Crippen LogP contribution is 2.36. The van der Waals surface area contributed by atoms with Gasteiger partial charge in [0.05, 0.1) is 10.6 Å². The molecule has 0 radical (unpaired) electrons. The number of carbonyl (C=O) groups excluding carboxylic acids is 1. The normalized spacial score (nSPS) is 11.2. The van der Waals surface area contributed by atoms with Gasteiger partial charge in [0.1, 0.15) is 0 Å². The SMILES string of the molecule is O=C(NCc1ccc(Cl)cc1)Nc1ccc(Cl)c(C(F)(F)F)c1. The van der Waals surface area contributed by atoms with Crippen molar-refractivity contribution in [3.05, 3.63) is 63.6 Å². The van der Waals surface area contributed by atoms with Gasteiger partial charge in [-0.05, 0) is 35.9 Å². The zero-order valence-electron chi connectivity index (χ0n) is 11.5. The number of alkyl halides is 3. The molecule has 8 heteroatoms. The maximum atomic E-state index is 12.7. The Balaban J connectivity index is 1.99. The van der Waals surface area contributed by atoms with Crippen molar-refractivity contribution in [1.82, 2.24) is 5.32 Å². The molecule has 122 valence electrons. The third kappa shape index (κ3) is 5.04. The second-order valence-electron chi connectivity index (χ2n) is 4.63. The lowest BCUT2D eigenvalue weighted by molar-refractivity contribution is -0.137. The Hall–Kier alpha value is -1.92. The van der Waals surface area contributed by atoms with Gasteiger partial charge in [-0.25, -0.2) is 4.79 Å². The summed E-state index contributed by atoms with van der Waals surface area (Å²) >= 11 is 11.3. The molecule has 2 N–H and O–H groups in total. The quantitative estimate of drug-likeness (QED) is 0.760. The number of hydrogen-bond donors (Lipinski definition) is 2. The van der Waals surface area contributed by atoms with Gasteiger partial charge in [0.2, 0.25) is 0 Å². The Morgan fingerprint density at radius 1 is 1.04 bits per heavy atom. The summed E-state index contributed by atoms with van der Waals surface area (Å²) in [5.74, 6) is 0. The lowest BCUT2D eigenvalue weighted by Gasteiger charge is -2.12. The van der Waals surface area contributed by atoms with Crippen molar-refractivity contribution in [2.45, 2.75) is 12.7 Å². The molecule has 0 saturated heterocycles. The van der Waals surface area contributed by atoms with E-state index in [1.165, 1.54) is 6.07 Å². The van der Waals surface area contributed by atoms with E-state index in [0.29, 0.717) is 5.02 Å². The van der Waals surface area contributed by atoms with Crippen molar-refractivity contribution >= 4 is 34.9 Å². The largest absolute Gasteiger partial charge is 0.417 e. The summed E-state index contributed by atoms with van der Waals surface area (Å²) in [5.41, 5.74) is -0.207. The molecule has 0 atom stereocenters. The zero-order chi connectivity index (χ0) is 17.0. The summed E-state index contributed by atoms with van der Waals surface area (Å²) in [4.78, 5) is 11.7. The van der Waals surface area contributed by atoms with Crippen LogP contribution in [-0.2, 0) is 12.7 Å². The van der Waals surface area contributed by atoms with Crippen molar-refractivity contribution in [3.63, 3.8) is 0 Å². The predicted octanol–water partition coefficient (Wildman–Crippen LogP) is 5.33. The molecule has 0 aliphatic rings. The minimum Gasteiger partial charge on any atom is -0.334 e. The molecule has 0 heterocycles. The van der Waals surface area contributed by atoms with Gasteiger partial charge in [-0.2, -0.15) is 13.2 Å². The van der Waals surface area contributed by atoms with E-state index in [-0.39, 0.29) is 12.2 Å². The molecule has 2 aromatic rings. The lowest BCUT2D eigenvalue weighted by Crippen LogP contribution is -2.28. The highest BCUT2D eigenvalue weighted by molar-refractivity contribution is 6.31. The first-order valence-corrected chi connectivity index (χ1v) is 7.17. The Kier molecular flexibility index (Phi) is 5.38. The van der Waals surface area contributed by atoms with Crippen LogP contribution in [0.4, 0.5) is 23.7 Å². The van der Waals surface area contributed by atoms with Gasteiger partial charge < -0.3 is 10.6 Å². The maximum Gasteiger partial charge on any atom is 0.417 e. The van der Waals surface area contributed by atoms with E-state index < -0.39 is 22.8 Å². The summed E-state index contributed by atoms with van der Waals surface area (Å²) in [6, 6.07) is 9.33. The van der Waals surface area contributed by atoms with E-state index in [2.05, 4.69) is 10.6 Å². The van der Waals surface area contributed by atoms with Crippen LogP contribution in [-0.4, -0.2) is 6.03 Å². The highest BCUT2D eigenvalue weighted by atomic mass is 35.5. The van der Waals surface area contributed by atoms with Crippen molar-refractivity contribution in [3.8, 4) is 0 Å². The van der Waals surface area contributed by atoms with Gasteiger partial charge in [0.25, 0.3) is 0 Å². The fourth-order valence-corrected chi connectivity index (χ4v) is 2.13. The van der Waals surface area contributed by atoms with E-state index in [1.54, 1.807) is 24.3 Å². The molecule has 0 aliphatic heterocycles. The summed E-state index contributed by atoms with van der Waals surface area (Å²) in [5, 5.41) is 5.00. The first-order chi connectivity index (χ1) is 10.8. The molecule has 2 amide bonds. The van der Waals surface area contributed by atoms with E-state index >= 15 is 0 Å². The first-order valence-electron chi connectivity index (χ1n) is 6.42. The second kappa shape index (κ2) is 7.10. The van der Waals surface area contributed by atoms with Crippen LogP contribution in [0.25, 0.3) is 0 Å². The third-order valence-corrected chi connectivity index (χ3v) is 3.48. The number of benzene rings is 2. The van der Waals surface area contributed by atoms with Gasteiger partial charge >= 0.3 is 12.2 Å². The van der Waals surface area contributed by atoms with E-state index in [9.17, 15) is 18.0 Å². The molecule has 2 aromatic carbocycles. The number of rotatable bonds is 3. The fourth-order valence-electron chi connectivity index (χ4n) is 1.78. The van der Waals surface area contributed by atoms with Crippen molar-refractivity contribution in [2.24, 2.45) is 0 Å². The van der Waals surface area contributed by atoms with Gasteiger partial charge in [-0.15, -0.1) is 0 Å². The molecular weight excluding hydrogens is 352 g/mol. The Labute approximate surface area is 140 Å². The van der Waals surface area contributed by atoms with Crippen molar-refractivity contribution in [2.75, 3.05) is 5.32 Å². The zero-order valence-corrected chi connectivity index (χ0v) is 13.1. The molecule has 0 fully saturated rings. The number of urea groups is 1. The molecule has 0 bridgehead atoms. The number of halogens is 5. The van der Waals surface area contributed by atoms with Crippen LogP contribution in [0.5, 0.6) is 0 Å². The van der Waals surface area contributed by atoms with Gasteiger partial charge in [0, 0.05) is 17.3 Å². The molecule has 0 aromatic heterocycles. The molecule has 3 nitrogen and oxygen atoms in total. The highest BCUT2D eigenvalue weighted by Gasteiger charge is 2.33. The summed E-state index contributed by atoms with van der Waals surface area (Å²) < 4.78 is 38.2. The van der Waals surface area contributed by atoms with Crippen molar-refractivity contribution in [1.29, 1.82) is 0 Å². The van der Waals surface area contributed by atoms with Crippen LogP contribution in [0, 0.1) is 0 Å². The van der Waals surface area contributed by atoms with Gasteiger partial charge in [-0.3, -0.25) is 0 Å². The molecular formula is C15H11Cl2F3N2O. The molecule has 0 saturated carbocycles. The molecule has 0 aliphatic carbocycles. The van der Waals surface area contributed by atoms with Crippen LogP contribution in [0.15, 0.2) is 42.5 Å². The minimum atomic E-state index is -4.59. The number of amides is 2. The van der Waals surface area contributed by atoms with Crippen LogP contribution in [0.3, 0.4) is 0 Å². The van der Waals surface area contributed by atoms with Gasteiger partial charge in [0.15, 0.2) is 0 Å². The number of anilines is 1. The van der Waals surface area contributed by atoms with E-state index in [0.717, 1.165) is 17.7 Å². The van der Waals surface area contributed by atoms with Crippen LogP contribution in [0.2, 0.25) is 10.0 Å². The molecule has 2 rings (SSSR count). The monoisotopic (exact) mass is 362 g/mol. The van der Waals surface area contributed by atoms with E-state index in [1.807, 2.05) is 0 Å². The van der Waals surface area contributed by atoms with Crippen molar-refractivity contribution < 1.29 is 18.0 Å². The average Bonchev–Trinajstić information content (AvgIpc) is 2.47. The smallest absolute Gasteiger partial charge is 0.334 e. The molecule has 0 unspecified atom stereocenters. The first kappa shape index (κ1) is 17.4. The third-order valence-electron chi connectivity index (χ3n) is 2.90. The van der Waals surface area contributed by atoms with Crippen LogP contribution < -0.4 is 10.6 Å². The topological polar surface area (TPSA) is 41.1 Å². The number of nitrogens with one attached hydrogen (secondary N) is 2. The summed E-state index contributed by atoms with van der Waals surface area (Å²) in [6.45, 7) is 0.211. The number of hydrogen-bond acceptors (Lipinski definition) is 1. The minimum absolute atomic E-state index is 0.00432. The standard InChI is InChI=1S/C15H11Cl2F3N2O/c16-10-3-1-9(2-4-10)8-21-14(23)22-11-5-6-13(17)12(7-11)15(18,19)20/h1-7H,8H2,(H2,21,22,23). The molecule has 0 spiro atoms. The Morgan fingerprint density at radius 2 is 1.70 bits per heavy atom. The summed E-state index contributed by atoms with van der Waals surface area (Å²) in [6.07, 6.45) is -4.59. The van der Waals surface area contributed by atoms with Crippen LogP contribution >= 0.6 is 23.2 Å². The fraction of sp³-hybridized carbons (Fsp3) is 0.133. The van der Waals surface area contributed by atoms with Gasteiger partial charge in [-0.1, -0.05) is 35.3 Å². The summed E-state index contributed by atoms with van der Waals surface area (Å²) in [7, 11) is 0. The predicted molar refractivity (Wildman–Crippen MR) is 83.8 cm³/mol. The Bertz CT molecular complexity index is 703. The maximum absolute atomic E-state index is 12.7. The second-order valence-corrected chi connectivity index (χ2v) is 5.47. The lowest BCUT2D eigenvalue weighted by atomic mass is 10.2.